The van der Waals surface area contributed by atoms with E-state index in [9.17, 15) is 9.59 Å². The van der Waals surface area contributed by atoms with Gasteiger partial charge in [-0.3, -0.25) is 14.0 Å². The number of aromatic nitrogens is 3. The van der Waals surface area contributed by atoms with Crippen LogP contribution in [0.3, 0.4) is 0 Å². The summed E-state index contributed by atoms with van der Waals surface area (Å²) in [6.07, 6.45) is 4.28. The van der Waals surface area contributed by atoms with Crippen molar-refractivity contribution >= 4 is 28.1 Å². The van der Waals surface area contributed by atoms with Crippen LogP contribution in [0.4, 0.5) is 5.69 Å². The summed E-state index contributed by atoms with van der Waals surface area (Å²) in [6.45, 7) is 6.08. The Bertz CT molecular complexity index is 1480. The number of nitrogens with one attached hydrogen (secondary N) is 1. The maximum Gasteiger partial charge on any atom is 0.274 e. The fraction of sp³-hybridized carbons (Fsp3) is 0.346. The first kappa shape index (κ1) is 20.2. The van der Waals surface area contributed by atoms with Crippen molar-refractivity contribution in [3.63, 3.8) is 0 Å². The molecule has 2 aliphatic rings. The molecule has 7 nitrogen and oxygen atoms in total. The third-order valence-corrected chi connectivity index (χ3v) is 7.05. The standard InChI is InChI=1S/C26H26N4O3/c1-15-3-4-17-5-8-29(21(17)11-15)26(32)19-13-20-22(12-16(19)2)30-23(25(31)28-20)14-27-24(30)18-6-9-33-10-7-18/h3-4,11-14,18H,5-10H2,1-2H3,(H,28,31). The molecule has 0 unspecified atom stereocenters. The molecule has 1 N–H and O–H groups in total. The molecule has 0 spiro atoms. The molecule has 0 atom stereocenters. The number of fused-ring (bicyclic) bond motifs is 4. The van der Waals surface area contributed by atoms with Crippen LogP contribution in [0, 0.1) is 13.8 Å². The smallest absolute Gasteiger partial charge is 0.274 e. The van der Waals surface area contributed by atoms with Crippen LogP contribution >= 0.6 is 0 Å². The number of amides is 1. The Kier molecular flexibility index (Phi) is 4.62. The van der Waals surface area contributed by atoms with Gasteiger partial charge in [0, 0.05) is 36.9 Å². The fourth-order valence-corrected chi connectivity index (χ4v) is 5.26. The lowest BCUT2D eigenvalue weighted by molar-refractivity contribution is 0.0835. The van der Waals surface area contributed by atoms with Crippen molar-refractivity contribution in [1.82, 2.24) is 14.4 Å². The van der Waals surface area contributed by atoms with Crippen LogP contribution in [0.15, 0.2) is 41.3 Å². The average Bonchev–Trinajstić information content (AvgIpc) is 3.44. The van der Waals surface area contributed by atoms with Crippen LogP contribution in [0.25, 0.3) is 16.6 Å². The Morgan fingerprint density at radius 1 is 1.12 bits per heavy atom. The molecule has 0 radical (unpaired) electrons. The van der Waals surface area contributed by atoms with Crippen molar-refractivity contribution in [2.75, 3.05) is 24.7 Å². The van der Waals surface area contributed by atoms with Gasteiger partial charge in [0.05, 0.1) is 17.2 Å². The van der Waals surface area contributed by atoms with Crippen molar-refractivity contribution in [3.05, 3.63) is 75.0 Å². The number of anilines is 1. The number of aryl methyl sites for hydroxylation is 2. The van der Waals surface area contributed by atoms with Gasteiger partial charge in [-0.1, -0.05) is 12.1 Å². The van der Waals surface area contributed by atoms with Gasteiger partial charge in [0.15, 0.2) is 0 Å². The van der Waals surface area contributed by atoms with Gasteiger partial charge >= 0.3 is 0 Å². The summed E-state index contributed by atoms with van der Waals surface area (Å²) in [6, 6.07) is 10.1. The molecule has 6 rings (SSSR count). The number of aromatic amines is 1. The van der Waals surface area contributed by atoms with E-state index in [2.05, 4.69) is 28.2 Å². The summed E-state index contributed by atoms with van der Waals surface area (Å²) in [7, 11) is 0. The lowest BCUT2D eigenvalue weighted by atomic mass is 9.99. The topological polar surface area (TPSA) is 79.7 Å². The van der Waals surface area contributed by atoms with Crippen molar-refractivity contribution < 1.29 is 9.53 Å². The molecular weight excluding hydrogens is 416 g/mol. The predicted octanol–water partition coefficient (Wildman–Crippen LogP) is 3.89. The molecule has 1 saturated heterocycles. The zero-order valence-corrected chi connectivity index (χ0v) is 18.9. The lowest BCUT2D eigenvalue weighted by Crippen LogP contribution is -2.29. The van der Waals surface area contributed by atoms with Gasteiger partial charge in [0.1, 0.15) is 11.3 Å². The molecule has 4 heterocycles. The normalized spacial score (nSPS) is 16.6. The van der Waals surface area contributed by atoms with Crippen LogP contribution < -0.4 is 10.5 Å². The minimum Gasteiger partial charge on any atom is -0.381 e. The van der Waals surface area contributed by atoms with Crippen LogP contribution in [0.2, 0.25) is 0 Å². The predicted molar refractivity (Wildman–Crippen MR) is 127 cm³/mol. The minimum atomic E-state index is -0.197. The second-order valence-corrected chi connectivity index (χ2v) is 9.20. The number of imidazole rings is 1. The summed E-state index contributed by atoms with van der Waals surface area (Å²) in [4.78, 5) is 35.9. The third kappa shape index (κ3) is 3.18. The van der Waals surface area contributed by atoms with Crippen molar-refractivity contribution in [2.45, 2.75) is 39.0 Å². The summed E-state index contributed by atoms with van der Waals surface area (Å²) in [5, 5.41) is 0. The monoisotopic (exact) mass is 442 g/mol. The Morgan fingerprint density at radius 3 is 2.76 bits per heavy atom. The molecule has 1 amide bonds. The molecule has 2 aromatic carbocycles. The van der Waals surface area contributed by atoms with E-state index in [4.69, 9.17) is 4.74 Å². The van der Waals surface area contributed by atoms with Crippen LogP contribution in [-0.4, -0.2) is 40.0 Å². The van der Waals surface area contributed by atoms with E-state index in [1.165, 1.54) is 5.56 Å². The van der Waals surface area contributed by atoms with E-state index in [0.717, 1.165) is 47.4 Å². The number of H-pyrrole nitrogens is 1. The first-order valence-electron chi connectivity index (χ1n) is 11.5. The molecule has 33 heavy (non-hydrogen) atoms. The van der Waals surface area contributed by atoms with E-state index in [0.29, 0.717) is 36.4 Å². The molecular formula is C26H26N4O3. The number of ether oxygens (including phenoxy) is 1. The third-order valence-electron chi connectivity index (χ3n) is 7.05. The summed E-state index contributed by atoms with van der Waals surface area (Å²) < 4.78 is 7.49. The van der Waals surface area contributed by atoms with E-state index in [1.54, 1.807) is 6.20 Å². The highest BCUT2D eigenvalue weighted by Gasteiger charge is 2.28. The molecule has 7 heteroatoms. The highest BCUT2D eigenvalue weighted by atomic mass is 16.5. The van der Waals surface area contributed by atoms with Gasteiger partial charge in [-0.15, -0.1) is 0 Å². The lowest BCUT2D eigenvalue weighted by Gasteiger charge is -2.22. The van der Waals surface area contributed by atoms with E-state index < -0.39 is 0 Å². The Hall–Kier alpha value is -3.45. The molecule has 4 aromatic rings. The number of rotatable bonds is 2. The Balaban J connectivity index is 1.49. The molecule has 0 aliphatic carbocycles. The number of carbonyl (C=O) groups excluding carboxylic acids is 1. The number of hydrogen-bond donors (Lipinski definition) is 1. The molecule has 1 fully saturated rings. The number of hydrogen-bond acceptors (Lipinski definition) is 4. The van der Waals surface area contributed by atoms with Gasteiger partial charge in [-0.25, -0.2) is 4.98 Å². The van der Waals surface area contributed by atoms with Crippen LogP contribution in [0.5, 0.6) is 0 Å². The Labute approximate surface area is 191 Å². The fourth-order valence-electron chi connectivity index (χ4n) is 5.26. The molecule has 168 valence electrons. The maximum absolute atomic E-state index is 13.6. The Morgan fingerprint density at radius 2 is 1.94 bits per heavy atom. The van der Waals surface area contributed by atoms with Crippen LogP contribution in [-0.2, 0) is 11.2 Å². The maximum atomic E-state index is 13.6. The van der Waals surface area contributed by atoms with Crippen molar-refractivity contribution in [1.29, 1.82) is 0 Å². The zero-order valence-electron chi connectivity index (χ0n) is 18.9. The van der Waals surface area contributed by atoms with E-state index in [1.807, 2.05) is 35.3 Å². The second-order valence-electron chi connectivity index (χ2n) is 9.20. The van der Waals surface area contributed by atoms with E-state index >= 15 is 0 Å². The van der Waals surface area contributed by atoms with Crippen molar-refractivity contribution in [3.8, 4) is 0 Å². The minimum absolute atomic E-state index is 0.0324. The quantitative estimate of drug-likeness (QED) is 0.511. The first-order valence-corrected chi connectivity index (χ1v) is 11.5. The van der Waals surface area contributed by atoms with E-state index in [-0.39, 0.29) is 17.4 Å². The summed E-state index contributed by atoms with van der Waals surface area (Å²) >= 11 is 0. The van der Waals surface area contributed by atoms with Crippen LogP contribution in [0.1, 0.15) is 51.6 Å². The highest BCUT2D eigenvalue weighted by molar-refractivity contribution is 6.09. The van der Waals surface area contributed by atoms with Gasteiger partial charge < -0.3 is 14.6 Å². The number of benzene rings is 2. The van der Waals surface area contributed by atoms with Gasteiger partial charge in [-0.05, 0) is 68.0 Å². The summed E-state index contributed by atoms with van der Waals surface area (Å²) in [5.74, 6) is 1.11. The molecule has 0 saturated carbocycles. The highest BCUT2D eigenvalue weighted by Crippen LogP contribution is 2.32. The largest absolute Gasteiger partial charge is 0.381 e. The molecule has 2 aliphatic heterocycles. The SMILES string of the molecule is Cc1ccc2c(c1)N(C(=O)c1cc3[nH]c(=O)c4cnc(C5CCOCC5)n4c3cc1C)CC2. The van der Waals surface area contributed by atoms with Crippen molar-refractivity contribution in [2.24, 2.45) is 0 Å². The average molecular weight is 443 g/mol. The van der Waals surface area contributed by atoms with Gasteiger partial charge in [-0.2, -0.15) is 0 Å². The number of nitrogens with zero attached hydrogens (tertiary/aromatic N) is 3. The molecule has 0 bridgehead atoms. The first-order chi connectivity index (χ1) is 16.0. The summed E-state index contributed by atoms with van der Waals surface area (Å²) in [5.41, 5.74) is 6.67. The van der Waals surface area contributed by atoms with Gasteiger partial charge in [0.25, 0.3) is 11.5 Å². The zero-order chi connectivity index (χ0) is 22.7. The van der Waals surface area contributed by atoms with Gasteiger partial charge in [0.2, 0.25) is 0 Å². The number of carbonyl (C=O) groups is 1. The second kappa shape index (κ2) is 7.56. The molecule has 2 aromatic heterocycles.